The van der Waals surface area contributed by atoms with Crippen LogP contribution in [0.1, 0.15) is 33.1 Å². The van der Waals surface area contributed by atoms with E-state index in [9.17, 15) is 14.7 Å². The number of fused-ring (bicyclic) bond motifs is 1. The molecule has 0 bridgehead atoms. The van der Waals surface area contributed by atoms with Crippen molar-refractivity contribution >= 4 is 24.0 Å². The van der Waals surface area contributed by atoms with Gasteiger partial charge in [-0.25, -0.2) is 4.98 Å². The van der Waals surface area contributed by atoms with Crippen LogP contribution in [0.25, 0.3) is 12.2 Å². The molecule has 3 atom stereocenters. The highest BCUT2D eigenvalue weighted by molar-refractivity contribution is 5.96. The summed E-state index contributed by atoms with van der Waals surface area (Å²) in [5.41, 5.74) is 3.47. The van der Waals surface area contributed by atoms with Crippen molar-refractivity contribution in [2.24, 2.45) is 0 Å². The Kier molecular flexibility index (Phi) is 5.71. The number of rotatable bonds is 5. The van der Waals surface area contributed by atoms with E-state index < -0.39 is 0 Å². The summed E-state index contributed by atoms with van der Waals surface area (Å²) in [6, 6.07) is 17.8. The molecule has 0 aliphatic carbocycles. The Hall–Kier alpha value is -3.84. The summed E-state index contributed by atoms with van der Waals surface area (Å²) in [5.74, 6) is -0.492. The Morgan fingerprint density at radius 1 is 1.03 bits per heavy atom. The van der Waals surface area contributed by atoms with Gasteiger partial charge in [0.25, 0.3) is 5.91 Å². The van der Waals surface area contributed by atoms with Crippen molar-refractivity contribution in [2.45, 2.75) is 18.0 Å². The van der Waals surface area contributed by atoms with Gasteiger partial charge in [-0.1, -0.05) is 66.7 Å². The maximum atomic E-state index is 12.8. The molecule has 2 aromatic carbocycles. The number of carbonyl (C=O) groups excluding carboxylic acids is 2. The van der Waals surface area contributed by atoms with Gasteiger partial charge in [-0.3, -0.25) is 14.6 Å². The molecular formula is C26H24N4O3. The Morgan fingerprint density at radius 3 is 2.42 bits per heavy atom. The lowest BCUT2D eigenvalue weighted by atomic mass is 9.73. The number of aliphatic hydroxyl groups is 1. The third-order valence-electron chi connectivity index (χ3n) is 6.41. The zero-order valence-electron chi connectivity index (χ0n) is 18.0. The molecule has 5 rings (SSSR count). The fourth-order valence-electron chi connectivity index (χ4n) is 4.81. The van der Waals surface area contributed by atoms with Crippen molar-refractivity contribution in [1.29, 1.82) is 0 Å². The molecule has 0 unspecified atom stereocenters. The van der Waals surface area contributed by atoms with Gasteiger partial charge in [-0.2, -0.15) is 0 Å². The lowest BCUT2D eigenvalue weighted by molar-refractivity contribution is -0.159. The molecule has 7 heteroatoms. The van der Waals surface area contributed by atoms with Crippen LogP contribution in [0.15, 0.2) is 73.2 Å². The first-order valence-corrected chi connectivity index (χ1v) is 11.0. The maximum Gasteiger partial charge on any atom is 0.274 e. The summed E-state index contributed by atoms with van der Waals surface area (Å²) in [6.07, 6.45) is 8.50. The Labute approximate surface area is 192 Å². The number of nitrogens with zero attached hydrogens (tertiary/aromatic N) is 4. The normalized spacial score (nSPS) is 22.2. The summed E-state index contributed by atoms with van der Waals surface area (Å²) in [4.78, 5) is 36.9. The van der Waals surface area contributed by atoms with Crippen LogP contribution in [0.4, 0.5) is 0 Å². The summed E-state index contributed by atoms with van der Waals surface area (Å²) in [7, 11) is 0. The smallest absolute Gasteiger partial charge is 0.274 e. The molecule has 0 radical (unpaired) electrons. The van der Waals surface area contributed by atoms with E-state index in [2.05, 4.69) is 22.1 Å². The minimum absolute atomic E-state index is 0.0155. The van der Waals surface area contributed by atoms with Gasteiger partial charge in [0.2, 0.25) is 5.91 Å². The molecule has 3 aromatic rings. The highest BCUT2D eigenvalue weighted by Crippen LogP contribution is 2.43. The second kappa shape index (κ2) is 8.96. The minimum atomic E-state index is -0.302. The molecule has 3 heterocycles. The van der Waals surface area contributed by atoms with Crippen molar-refractivity contribution in [2.75, 3.05) is 19.7 Å². The van der Waals surface area contributed by atoms with Gasteiger partial charge in [-0.15, -0.1) is 0 Å². The molecule has 2 saturated heterocycles. The van der Waals surface area contributed by atoms with E-state index in [1.807, 2.05) is 54.6 Å². The fraction of sp³-hybridized carbons (Fsp3) is 0.231. The van der Waals surface area contributed by atoms with E-state index in [1.54, 1.807) is 4.90 Å². The van der Waals surface area contributed by atoms with Crippen molar-refractivity contribution in [1.82, 2.24) is 19.8 Å². The first kappa shape index (κ1) is 21.0. The molecule has 2 aliphatic rings. The first-order valence-electron chi connectivity index (χ1n) is 11.0. The van der Waals surface area contributed by atoms with Gasteiger partial charge in [-0.05, 0) is 16.7 Å². The number of hydrogen-bond acceptors (Lipinski definition) is 5. The molecule has 33 heavy (non-hydrogen) atoms. The molecule has 0 spiro atoms. The number of piperazine rings is 1. The summed E-state index contributed by atoms with van der Waals surface area (Å²) in [6.45, 7) is 0.275. The number of hydrogen-bond donors (Lipinski definition) is 1. The first-order chi connectivity index (χ1) is 16.2. The molecule has 2 fully saturated rings. The Bertz CT molecular complexity index is 1170. The monoisotopic (exact) mass is 440 g/mol. The lowest BCUT2D eigenvalue weighted by Crippen LogP contribution is -2.73. The minimum Gasteiger partial charge on any atom is -0.394 e. The second-order valence-electron chi connectivity index (χ2n) is 8.33. The highest BCUT2D eigenvalue weighted by atomic mass is 16.3. The molecule has 2 amide bonds. The van der Waals surface area contributed by atoms with E-state index in [0.717, 1.165) is 16.7 Å². The highest BCUT2D eigenvalue weighted by Gasteiger charge is 2.54. The van der Waals surface area contributed by atoms with Crippen LogP contribution in [-0.2, 0) is 4.79 Å². The van der Waals surface area contributed by atoms with Crippen molar-refractivity contribution < 1.29 is 14.7 Å². The molecule has 1 N–H and O–H groups in total. The number of aromatic nitrogens is 2. The summed E-state index contributed by atoms with van der Waals surface area (Å²) < 4.78 is 0. The second-order valence-corrected chi connectivity index (χ2v) is 8.33. The molecule has 7 nitrogen and oxygen atoms in total. The maximum absolute atomic E-state index is 12.8. The third kappa shape index (κ3) is 4.03. The van der Waals surface area contributed by atoms with Gasteiger partial charge in [0.05, 0.1) is 24.9 Å². The van der Waals surface area contributed by atoms with Gasteiger partial charge in [0.1, 0.15) is 12.2 Å². The average Bonchev–Trinajstić information content (AvgIpc) is 2.85. The van der Waals surface area contributed by atoms with E-state index >= 15 is 0 Å². The van der Waals surface area contributed by atoms with Crippen molar-refractivity contribution in [3.63, 3.8) is 0 Å². The topological polar surface area (TPSA) is 86.6 Å². The number of carbonyl (C=O) groups is 2. The Morgan fingerprint density at radius 2 is 1.76 bits per heavy atom. The van der Waals surface area contributed by atoms with Crippen LogP contribution in [0, 0.1) is 0 Å². The van der Waals surface area contributed by atoms with Gasteiger partial charge in [0.15, 0.2) is 0 Å². The van der Waals surface area contributed by atoms with Gasteiger partial charge in [0, 0.05) is 24.9 Å². The molecular weight excluding hydrogens is 416 g/mol. The van der Waals surface area contributed by atoms with Crippen molar-refractivity contribution in [3.05, 3.63) is 95.6 Å². The lowest BCUT2D eigenvalue weighted by Gasteiger charge is -2.58. The van der Waals surface area contributed by atoms with Crippen LogP contribution in [0.5, 0.6) is 0 Å². The van der Waals surface area contributed by atoms with Crippen LogP contribution in [0.3, 0.4) is 0 Å². The van der Waals surface area contributed by atoms with Crippen LogP contribution in [-0.4, -0.2) is 68.5 Å². The van der Waals surface area contributed by atoms with E-state index in [4.69, 9.17) is 0 Å². The molecule has 2 aliphatic heterocycles. The number of amides is 2. The molecule has 166 valence electrons. The van der Waals surface area contributed by atoms with Gasteiger partial charge < -0.3 is 14.9 Å². The molecule has 0 saturated carbocycles. The van der Waals surface area contributed by atoms with Crippen molar-refractivity contribution in [3.8, 4) is 0 Å². The summed E-state index contributed by atoms with van der Waals surface area (Å²) >= 11 is 0. The number of benzene rings is 2. The summed E-state index contributed by atoms with van der Waals surface area (Å²) in [5, 5.41) is 9.99. The largest absolute Gasteiger partial charge is 0.394 e. The van der Waals surface area contributed by atoms with Gasteiger partial charge >= 0.3 is 0 Å². The van der Waals surface area contributed by atoms with Crippen LogP contribution >= 0.6 is 0 Å². The zero-order valence-corrected chi connectivity index (χ0v) is 18.0. The predicted octanol–water partition coefficient (Wildman–Crippen LogP) is 2.46. The predicted molar refractivity (Wildman–Crippen MR) is 124 cm³/mol. The average molecular weight is 441 g/mol. The quantitative estimate of drug-likeness (QED) is 0.616. The standard InChI is InChI=1S/C26H24N4O3/c31-17-23-25(20-10-8-19(9-11-20)7-6-18-4-2-1-3-5-18)22-15-29(16-24(32)30(22)23)26(33)21-14-27-12-13-28-21/h1-14,22-23,25,31H,15-17H2/b7-6+/t22-,23+,25-/m0/s1. The molecule has 1 aromatic heterocycles. The van der Waals surface area contributed by atoms with E-state index in [0.29, 0.717) is 6.54 Å². The number of aliphatic hydroxyl groups excluding tert-OH is 1. The zero-order chi connectivity index (χ0) is 22.8. The third-order valence-corrected chi connectivity index (χ3v) is 6.41. The van der Waals surface area contributed by atoms with Crippen LogP contribution in [0.2, 0.25) is 0 Å². The SMILES string of the molecule is O=C(c1cnccn1)N1CC(=O)N2[C@H](CO)[C@@H](c3ccc(/C=C/c4ccccc4)cc3)[C@@H]2C1. The van der Waals surface area contributed by atoms with E-state index in [-0.39, 0.29) is 48.7 Å². The van der Waals surface area contributed by atoms with Crippen LogP contribution < -0.4 is 0 Å². The fourth-order valence-corrected chi connectivity index (χ4v) is 4.81. The Balaban J connectivity index is 1.34. The van der Waals surface area contributed by atoms with E-state index in [1.165, 1.54) is 23.5 Å².